The second-order valence-corrected chi connectivity index (χ2v) is 6.12. The fraction of sp³-hybridized carbons (Fsp3) is 0.273. The van der Waals surface area contributed by atoms with E-state index >= 15 is 0 Å². The molecule has 1 heterocycles. The van der Waals surface area contributed by atoms with E-state index in [-0.39, 0.29) is 13.2 Å². The minimum absolute atomic E-state index is 0.0520. The summed E-state index contributed by atoms with van der Waals surface area (Å²) >= 11 is 1.26. The van der Waals surface area contributed by atoms with Crippen LogP contribution in [-0.2, 0) is 26.3 Å². The van der Waals surface area contributed by atoms with Crippen molar-refractivity contribution in [2.75, 3.05) is 6.61 Å². The van der Waals surface area contributed by atoms with Crippen molar-refractivity contribution < 1.29 is 27.9 Å². The third-order valence-electron chi connectivity index (χ3n) is 2.10. The fourth-order valence-corrected chi connectivity index (χ4v) is 2.85. The van der Waals surface area contributed by atoms with Gasteiger partial charge in [0.05, 0.1) is 6.61 Å². The summed E-state index contributed by atoms with van der Waals surface area (Å²) in [6, 6.07) is 1.66. The van der Waals surface area contributed by atoms with Crippen LogP contribution in [0.5, 0.6) is 0 Å². The summed E-state index contributed by atoms with van der Waals surface area (Å²) in [5.74, 6) is -1.10. The minimum atomic E-state index is -4.04. The largest absolute Gasteiger partial charge is 0.478 e. The van der Waals surface area contributed by atoms with Crippen LogP contribution in [0, 0.1) is 0 Å². The average Bonchev–Trinajstić information content (AvgIpc) is 2.81. The number of carbonyl (C=O) groups excluding carboxylic acids is 1. The van der Waals surface area contributed by atoms with Crippen LogP contribution in [0.15, 0.2) is 17.5 Å². The summed E-state index contributed by atoms with van der Waals surface area (Å²) in [5, 5.41) is 10.3. The van der Waals surface area contributed by atoms with Crippen molar-refractivity contribution in [3.05, 3.63) is 28.0 Å². The first-order chi connectivity index (χ1) is 9.84. The molecule has 0 saturated heterocycles. The lowest BCUT2D eigenvalue weighted by Gasteiger charge is -2.07. The maximum atomic E-state index is 11.6. The Balaban J connectivity index is 2.65. The third kappa shape index (κ3) is 6.38. The first kappa shape index (κ1) is 17.1. The van der Waals surface area contributed by atoms with Gasteiger partial charge in [0.25, 0.3) is 0 Å². The van der Waals surface area contributed by atoms with Gasteiger partial charge in [-0.15, -0.1) is 11.3 Å². The zero-order valence-corrected chi connectivity index (χ0v) is 12.7. The van der Waals surface area contributed by atoms with E-state index in [1.807, 2.05) is 0 Å². The van der Waals surface area contributed by atoms with E-state index in [2.05, 4.69) is 9.46 Å². The van der Waals surface area contributed by atoms with Gasteiger partial charge in [0.1, 0.15) is 0 Å². The van der Waals surface area contributed by atoms with Gasteiger partial charge >= 0.3 is 22.3 Å². The normalized spacial score (nSPS) is 11.5. The number of nitrogens with one attached hydrogen (secondary N) is 2. The monoisotopic (exact) mass is 334 g/mol. The quantitative estimate of drug-likeness (QED) is 0.638. The molecule has 0 aliphatic rings. The molecule has 1 aromatic rings. The van der Waals surface area contributed by atoms with Gasteiger partial charge in [-0.3, -0.25) is 0 Å². The van der Waals surface area contributed by atoms with Crippen LogP contribution in [-0.4, -0.2) is 32.2 Å². The average molecular weight is 334 g/mol. The van der Waals surface area contributed by atoms with Gasteiger partial charge in [-0.1, -0.05) is 0 Å². The van der Waals surface area contributed by atoms with Crippen molar-refractivity contribution in [3.63, 3.8) is 0 Å². The van der Waals surface area contributed by atoms with Crippen LogP contribution in [0.4, 0.5) is 4.79 Å². The van der Waals surface area contributed by atoms with E-state index in [1.54, 1.807) is 23.1 Å². The highest BCUT2D eigenvalue weighted by atomic mass is 32.2. The van der Waals surface area contributed by atoms with Gasteiger partial charge in [0.15, 0.2) is 0 Å². The van der Waals surface area contributed by atoms with E-state index in [0.717, 1.165) is 6.08 Å². The molecule has 1 rings (SSSR count). The highest BCUT2D eigenvalue weighted by molar-refractivity contribution is 7.88. The van der Waals surface area contributed by atoms with Crippen LogP contribution in [0.3, 0.4) is 0 Å². The van der Waals surface area contributed by atoms with Crippen molar-refractivity contribution in [3.8, 4) is 0 Å². The Morgan fingerprint density at radius 3 is 2.81 bits per heavy atom. The van der Waals surface area contributed by atoms with Crippen molar-refractivity contribution >= 4 is 39.7 Å². The van der Waals surface area contributed by atoms with Gasteiger partial charge in [0, 0.05) is 17.5 Å². The second kappa shape index (κ2) is 7.76. The molecule has 1 aromatic heterocycles. The number of carboxylic acids is 1. The molecule has 8 nitrogen and oxygen atoms in total. The van der Waals surface area contributed by atoms with Gasteiger partial charge in [-0.2, -0.15) is 13.1 Å². The summed E-state index contributed by atoms with van der Waals surface area (Å²) < 4.78 is 31.4. The predicted octanol–water partition coefficient (Wildman–Crippen LogP) is 0.926. The smallest absolute Gasteiger partial charge is 0.421 e. The van der Waals surface area contributed by atoms with E-state index in [9.17, 15) is 18.0 Å². The minimum Gasteiger partial charge on any atom is -0.478 e. The Morgan fingerprint density at radius 2 is 2.19 bits per heavy atom. The number of carbonyl (C=O) groups is 2. The van der Waals surface area contributed by atoms with Crippen molar-refractivity contribution in [1.29, 1.82) is 0 Å². The van der Waals surface area contributed by atoms with E-state index < -0.39 is 22.3 Å². The molecule has 21 heavy (non-hydrogen) atoms. The van der Waals surface area contributed by atoms with Crippen LogP contribution < -0.4 is 9.44 Å². The molecule has 116 valence electrons. The third-order valence-corrected chi connectivity index (χ3v) is 4.00. The number of hydrogen-bond acceptors (Lipinski definition) is 6. The lowest BCUT2D eigenvalue weighted by molar-refractivity contribution is -0.131. The predicted molar refractivity (Wildman–Crippen MR) is 76.9 cm³/mol. The Morgan fingerprint density at radius 1 is 1.48 bits per heavy atom. The first-order valence-corrected chi connectivity index (χ1v) is 8.12. The first-order valence-electron chi connectivity index (χ1n) is 5.75. The van der Waals surface area contributed by atoms with Gasteiger partial charge in [0.2, 0.25) is 0 Å². The van der Waals surface area contributed by atoms with E-state index in [1.165, 1.54) is 17.4 Å². The molecule has 0 atom stereocenters. The van der Waals surface area contributed by atoms with E-state index in [4.69, 9.17) is 5.11 Å². The number of ether oxygens (including phenoxy) is 1. The number of carboxylic acid groups (broad SMARTS) is 1. The van der Waals surface area contributed by atoms with Crippen LogP contribution in [0.25, 0.3) is 6.08 Å². The van der Waals surface area contributed by atoms with E-state index in [0.29, 0.717) is 10.4 Å². The molecule has 0 fully saturated rings. The lowest BCUT2D eigenvalue weighted by Crippen LogP contribution is -2.40. The summed E-state index contributed by atoms with van der Waals surface area (Å²) in [4.78, 5) is 22.1. The molecule has 3 N–H and O–H groups in total. The Labute approximate surface area is 125 Å². The molecule has 0 bridgehead atoms. The molecule has 0 radical (unpaired) electrons. The fourth-order valence-electron chi connectivity index (χ4n) is 1.27. The lowest BCUT2D eigenvalue weighted by atomic mass is 10.2. The zero-order valence-electron chi connectivity index (χ0n) is 11.0. The van der Waals surface area contributed by atoms with Gasteiger partial charge in [-0.25, -0.2) is 14.3 Å². The summed E-state index contributed by atoms with van der Waals surface area (Å²) in [7, 11) is -4.04. The summed E-state index contributed by atoms with van der Waals surface area (Å²) in [6.45, 7) is 1.52. The number of aliphatic carboxylic acids is 1. The Hall–Kier alpha value is -1.91. The summed E-state index contributed by atoms with van der Waals surface area (Å²) in [5.41, 5.74) is 0.584. The molecule has 10 heteroatoms. The number of hydrogen-bond donors (Lipinski definition) is 3. The molecule has 1 amide bonds. The molecule has 0 saturated carbocycles. The summed E-state index contributed by atoms with van der Waals surface area (Å²) in [6.07, 6.45) is 1.25. The second-order valence-electron chi connectivity index (χ2n) is 3.62. The Kier molecular flexibility index (Phi) is 6.34. The molecule has 0 spiro atoms. The van der Waals surface area contributed by atoms with Crippen molar-refractivity contribution in [1.82, 2.24) is 9.44 Å². The maximum absolute atomic E-state index is 11.6. The van der Waals surface area contributed by atoms with Crippen LogP contribution in [0.1, 0.15) is 17.4 Å². The van der Waals surface area contributed by atoms with Crippen LogP contribution in [0.2, 0.25) is 0 Å². The number of amides is 1. The highest BCUT2D eigenvalue weighted by Crippen LogP contribution is 2.18. The van der Waals surface area contributed by atoms with Gasteiger partial charge < -0.3 is 9.84 Å². The number of rotatable bonds is 7. The topological polar surface area (TPSA) is 122 Å². The zero-order chi connectivity index (χ0) is 15.9. The molecular weight excluding hydrogens is 320 g/mol. The molecule has 0 aromatic carbocycles. The highest BCUT2D eigenvalue weighted by Gasteiger charge is 2.15. The number of thiophene rings is 1. The van der Waals surface area contributed by atoms with Crippen LogP contribution >= 0.6 is 11.3 Å². The molecule has 0 aliphatic heterocycles. The molecule has 0 unspecified atom stereocenters. The van der Waals surface area contributed by atoms with Crippen molar-refractivity contribution in [2.45, 2.75) is 13.5 Å². The van der Waals surface area contributed by atoms with Crippen molar-refractivity contribution in [2.24, 2.45) is 0 Å². The standard InChI is InChI=1S/C11H14N2O6S2/c1-2-19-11(16)13-21(17,18)12-7-9-8(5-6-20-9)3-4-10(14)15/h3-6,12H,2,7H2,1H3,(H,13,16)(H,14,15)/b4-3+. The molecular formula is C11H14N2O6S2. The maximum Gasteiger partial charge on any atom is 0.421 e. The van der Waals surface area contributed by atoms with Gasteiger partial charge in [-0.05, 0) is 30.0 Å². The molecule has 0 aliphatic carbocycles. The SMILES string of the molecule is CCOC(=O)NS(=O)(=O)NCc1sccc1/C=C/C(=O)O. The Bertz CT molecular complexity index is 635.